The average Bonchev–Trinajstić information content (AvgIpc) is 3.25. The summed E-state index contributed by atoms with van der Waals surface area (Å²) in [6.45, 7) is 5.61. The van der Waals surface area contributed by atoms with Crippen LogP contribution in [-0.2, 0) is 6.42 Å². The molecule has 3 aliphatic rings. The molecule has 0 saturated carbocycles. The number of hydrogen-bond donors (Lipinski definition) is 2. The number of nitrogens with zero attached hydrogens (tertiary/aromatic N) is 3. The summed E-state index contributed by atoms with van der Waals surface area (Å²) in [5.41, 5.74) is 2.23. The van der Waals surface area contributed by atoms with E-state index in [1.54, 1.807) is 0 Å². The Morgan fingerprint density at radius 1 is 1.22 bits per heavy atom. The Kier molecular flexibility index (Phi) is 5.00. The van der Waals surface area contributed by atoms with E-state index in [2.05, 4.69) is 24.5 Å². The van der Waals surface area contributed by atoms with E-state index in [0.717, 1.165) is 48.1 Å². The molecule has 0 aliphatic carbocycles. The van der Waals surface area contributed by atoms with Crippen LogP contribution in [0.15, 0.2) is 40.8 Å². The van der Waals surface area contributed by atoms with Gasteiger partial charge in [0, 0.05) is 30.6 Å². The highest BCUT2D eigenvalue weighted by Crippen LogP contribution is 2.32. The molecule has 1 fully saturated rings. The quantitative estimate of drug-likeness (QED) is 0.787. The minimum atomic E-state index is -0.216. The molecule has 2 atom stereocenters. The van der Waals surface area contributed by atoms with Crippen LogP contribution in [0.4, 0.5) is 4.79 Å². The van der Waals surface area contributed by atoms with Crippen molar-refractivity contribution < 1.29 is 4.79 Å². The number of amidine groups is 1. The van der Waals surface area contributed by atoms with Gasteiger partial charge in [-0.25, -0.2) is 9.79 Å². The number of hydrogen-bond acceptors (Lipinski definition) is 4. The number of rotatable bonds is 6. The van der Waals surface area contributed by atoms with Gasteiger partial charge in [-0.15, -0.1) is 0 Å². The van der Waals surface area contributed by atoms with E-state index in [0.29, 0.717) is 13.1 Å². The topological polar surface area (TPSA) is 60.0 Å². The predicted octanol–water partition coefficient (Wildman–Crippen LogP) is 3.30. The molecular formula is C20H26ClN5O. The highest BCUT2D eigenvalue weighted by molar-refractivity contribution is 6.30. The zero-order valence-corrected chi connectivity index (χ0v) is 16.6. The number of aliphatic imine (C=N–C) groups is 1. The molecule has 3 heterocycles. The van der Waals surface area contributed by atoms with Gasteiger partial charge in [0.25, 0.3) is 0 Å². The zero-order valence-electron chi connectivity index (χ0n) is 15.8. The molecule has 4 rings (SSSR count). The van der Waals surface area contributed by atoms with E-state index < -0.39 is 0 Å². The maximum absolute atomic E-state index is 13.1. The second kappa shape index (κ2) is 7.43. The molecule has 27 heavy (non-hydrogen) atoms. The molecule has 7 heteroatoms. The lowest BCUT2D eigenvalue weighted by atomic mass is 10.1. The van der Waals surface area contributed by atoms with Gasteiger partial charge in [-0.1, -0.05) is 37.6 Å². The number of halogens is 1. The van der Waals surface area contributed by atoms with Crippen molar-refractivity contribution in [1.82, 2.24) is 20.4 Å². The lowest BCUT2D eigenvalue weighted by molar-refractivity contribution is 0.146. The number of urea groups is 1. The highest BCUT2D eigenvalue weighted by Gasteiger charge is 2.46. The lowest BCUT2D eigenvalue weighted by Gasteiger charge is -2.36. The van der Waals surface area contributed by atoms with Crippen molar-refractivity contribution in [2.45, 2.75) is 51.7 Å². The highest BCUT2D eigenvalue weighted by atomic mass is 35.5. The first-order valence-corrected chi connectivity index (χ1v) is 10.2. The van der Waals surface area contributed by atoms with Crippen LogP contribution in [0.1, 0.15) is 38.7 Å². The van der Waals surface area contributed by atoms with Crippen LogP contribution in [0.5, 0.6) is 0 Å². The molecule has 2 amide bonds. The molecular weight excluding hydrogens is 362 g/mol. The Hall–Kier alpha value is -2.21. The van der Waals surface area contributed by atoms with Gasteiger partial charge in [0.15, 0.2) is 6.17 Å². The van der Waals surface area contributed by atoms with Gasteiger partial charge in [0.1, 0.15) is 17.4 Å². The summed E-state index contributed by atoms with van der Waals surface area (Å²) in [5.74, 6) is 1.87. The molecule has 1 aromatic carbocycles. The Labute approximate surface area is 165 Å². The molecule has 2 unspecified atom stereocenters. The normalized spacial score (nSPS) is 23.8. The van der Waals surface area contributed by atoms with Crippen LogP contribution in [-0.4, -0.2) is 47.0 Å². The second-order valence-corrected chi connectivity index (χ2v) is 7.78. The molecule has 0 aromatic heterocycles. The van der Waals surface area contributed by atoms with Crippen molar-refractivity contribution in [2.24, 2.45) is 4.99 Å². The Morgan fingerprint density at radius 3 is 2.70 bits per heavy atom. The number of fused-ring (bicyclic) bond motifs is 2. The van der Waals surface area contributed by atoms with Gasteiger partial charge in [0.05, 0.1) is 0 Å². The minimum absolute atomic E-state index is 0.0509. The van der Waals surface area contributed by atoms with Gasteiger partial charge in [0.2, 0.25) is 0 Å². The van der Waals surface area contributed by atoms with Crippen LogP contribution < -0.4 is 10.6 Å². The Bertz CT molecular complexity index is 788. The third kappa shape index (κ3) is 3.38. The van der Waals surface area contributed by atoms with Crippen LogP contribution in [0.25, 0.3) is 0 Å². The van der Waals surface area contributed by atoms with Gasteiger partial charge in [-0.3, -0.25) is 9.80 Å². The zero-order chi connectivity index (χ0) is 19.0. The molecule has 0 spiro atoms. The lowest BCUT2D eigenvalue weighted by Crippen LogP contribution is -2.53. The van der Waals surface area contributed by atoms with Crippen molar-refractivity contribution in [3.8, 4) is 0 Å². The maximum atomic E-state index is 13.1. The molecule has 1 aromatic rings. The SMILES string of the molecule is CCCC1=NC2C(=C3NC(Cc4ccc(Cl)cc4)CN3C(=O)N2CCC)N1. The first-order valence-electron chi connectivity index (χ1n) is 9.77. The fraction of sp³-hybridized carbons (Fsp3) is 0.500. The Balaban J connectivity index is 1.58. The standard InChI is InChI=1S/C20H26ClN5O/c1-3-5-16-23-17-18-22-15(11-13-6-8-14(21)9-7-13)12-26(18)20(27)25(10-4-2)19(17)24-16/h6-9,15,19,22H,3-5,10-12H2,1-2H3,(H,23,24). The van der Waals surface area contributed by atoms with Crippen molar-refractivity contribution in [2.75, 3.05) is 13.1 Å². The summed E-state index contributed by atoms with van der Waals surface area (Å²) in [6, 6.07) is 8.14. The van der Waals surface area contributed by atoms with Crippen LogP contribution >= 0.6 is 11.6 Å². The molecule has 144 valence electrons. The maximum Gasteiger partial charge on any atom is 0.327 e. The fourth-order valence-electron chi connectivity index (χ4n) is 4.00. The van der Waals surface area contributed by atoms with Crippen LogP contribution in [0, 0.1) is 0 Å². The number of carbonyl (C=O) groups is 1. The summed E-state index contributed by atoms with van der Waals surface area (Å²) in [4.78, 5) is 21.7. The third-order valence-electron chi connectivity index (χ3n) is 5.20. The van der Waals surface area contributed by atoms with E-state index in [9.17, 15) is 4.79 Å². The van der Waals surface area contributed by atoms with Gasteiger partial charge in [-0.05, 0) is 37.0 Å². The summed E-state index contributed by atoms with van der Waals surface area (Å²) in [6.07, 6.45) is 3.47. The number of nitrogens with one attached hydrogen (secondary N) is 2. The van der Waals surface area contributed by atoms with E-state index in [1.165, 1.54) is 5.56 Å². The first kappa shape index (κ1) is 18.2. The van der Waals surface area contributed by atoms with Crippen molar-refractivity contribution in [1.29, 1.82) is 0 Å². The van der Waals surface area contributed by atoms with Crippen LogP contribution in [0.3, 0.4) is 0 Å². The largest absolute Gasteiger partial charge is 0.365 e. The van der Waals surface area contributed by atoms with E-state index in [4.69, 9.17) is 16.6 Å². The second-order valence-electron chi connectivity index (χ2n) is 7.35. The summed E-state index contributed by atoms with van der Waals surface area (Å²) < 4.78 is 0. The average molecular weight is 388 g/mol. The Morgan fingerprint density at radius 2 is 2.00 bits per heavy atom. The van der Waals surface area contributed by atoms with Gasteiger partial charge in [-0.2, -0.15) is 0 Å². The molecule has 3 aliphatic heterocycles. The molecule has 6 nitrogen and oxygen atoms in total. The monoisotopic (exact) mass is 387 g/mol. The number of carbonyl (C=O) groups excluding carboxylic acids is 1. The summed E-state index contributed by atoms with van der Waals surface area (Å²) in [5, 5.41) is 7.79. The first-order chi connectivity index (χ1) is 13.1. The molecule has 0 bridgehead atoms. The number of amides is 2. The fourth-order valence-corrected chi connectivity index (χ4v) is 4.13. The number of benzene rings is 1. The molecule has 2 N–H and O–H groups in total. The van der Waals surface area contributed by atoms with Gasteiger partial charge >= 0.3 is 6.03 Å². The van der Waals surface area contributed by atoms with Gasteiger partial charge < -0.3 is 10.6 Å². The summed E-state index contributed by atoms with van der Waals surface area (Å²) in [7, 11) is 0. The van der Waals surface area contributed by atoms with E-state index in [-0.39, 0.29) is 18.2 Å². The van der Waals surface area contributed by atoms with Crippen molar-refractivity contribution >= 4 is 23.5 Å². The summed E-state index contributed by atoms with van der Waals surface area (Å²) >= 11 is 5.99. The van der Waals surface area contributed by atoms with Crippen molar-refractivity contribution in [3.63, 3.8) is 0 Å². The molecule has 0 radical (unpaired) electrons. The van der Waals surface area contributed by atoms with Crippen molar-refractivity contribution in [3.05, 3.63) is 46.4 Å². The predicted molar refractivity (Wildman–Crippen MR) is 107 cm³/mol. The third-order valence-corrected chi connectivity index (χ3v) is 5.45. The molecule has 1 saturated heterocycles. The smallest absolute Gasteiger partial charge is 0.327 e. The van der Waals surface area contributed by atoms with Crippen LogP contribution in [0.2, 0.25) is 5.02 Å². The minimum Gasteiger partial charge on any atom is -0.365 e. The van der Waals surface area contributed by atoms with E-state index in [1.807, 2.05) is 34.1 Å². The van der Waals surface area contributed by atoms with E-state index >= 15 is 0 Å².